The zero-order chi connectivity index (χ0) is 45.4. The van der Waals surface area contributed by atoms with Gasteiger partial charge in [0.15, 0.2) is 0 Å². The maximum atomic E-state index is 7.20. The van der Waals surface area contributed by atoms with Crippen LogP contribution >= 0.6 is 0 Å². The molecule has 4 heterocycles. The van der Waals surface area contributed by atoms with Gasteiger partial charge in [-0.15, -0.1) is 0 Å². The van der Waals surface area contributed by atoms with Gasteiger partial charge in [-0.1, -0.05) is 133 Å². The summed E-state index contributed by atoms with van der Waals surface area (Å²) in [6.07, 6.45) is 0. The summed E-state index contributed by atoms with van der Waals surface area (Å²) >= 11 is 0. The van der Waals surface area contributed by atoms with Crippen molar-refractivity contribution in [2.45, 2.75) is 78.7 Å². The van der Waals surface area contributed by atoms with Crippen LogP contribution in [0, 0.1) is 0 Å². The first-order chi connectivity index (χ1) is 31.6. The van der Waals surface area contributed by atoms with Crippen LogP contribution in [0.25, 0.3) is 49.3 Å². The largest absolute Gasteiger partial charge is 0.458 e. The van der Waals surface area contributed by atoms with E-state index in [1.165, 1.54) is 54.7 Å². The van der Waals surface area contributed by atoms with Gasteiger partial charge in [-0.3, -0.25) is 0 Å². The topological polar surface area (TPSA) is 31.6 Å². The minimum Gasteiger partial charge on any atom is -0.458 e. The number of ether oxygens (including phenoxy) is 2. The predicted octanol–water partition coefficient (Wildman–Crippen LogP) is 14.4. The number of hydrogen-bond donors (Lipinski definition) is 0. The summed E-state index contributed by atoms with van der Waals surface area (Å²) in [6.45, 7) is 20.4. The molecule has 2 aliphatic rings. The summed E-state index contributed by atoms with van der Waals surface area (Å²) in [4.78, 5) is 2.36. The zero-order valence-corrected chi connectivity index (χ0v) is 39.3. The average Bonchev–Trinajstić information content (AvgIpc) is 3.83. The summed E-state index contributed by atoms with van der Waals surface area (Å²) in [5.74, 6) is 3.35. The Morgan fingerprint density at radius 2 is 0.939 bits per heavy atom. The minimum absolute atomic E-state index is 0.0396. The predicted molar refractivity (Wildman–Crippen MR) is 279 cm³/mol. The van der Waals surface area contributed by atoms with E-state index >= 15 is 0 Å². The van der Waals surface area contributed by atoms with E-state index in [-0.39, 0.29) is 23.1 Å². The third kappa shape index (κ3) is 6.07. The van der Waals surface area contributed by atoms with Crippen LogP contribution in [0.4, 0.5) is 17.1 Å². The first-order valence-corrected chi connectivity index (χ1v) is 23.4. The molecule has 0 saturated heterocycles. The van der Waals surface area contributed by atoms with Crippen molar-refractivity contribution in [3.8, 4) is 28.7 Å². The number of rotatable bonds is 4. The van der Waals surface area contributed by atoms with Gasteiger partial charge in [0.2, 0.25) is 0 Å². The second-order valence-electron chi connectivity index (χ2n) is 21.4. The highest BCUT2D eigenvalue weighted by Gasteiger charge is 2.44. The van der Waals surface area contributed by atoms with E-state index < -0.39 is 0 Å². The number of benzene rings is 8. The fraction of sp³-hybridized carbons (Fsp3) is 0.200. The molecule has 0 spiro atoms. The average molecular weight is 860 g/mol. The highest BCUT2D eigenvalue weighted by atomic mass is 16.5. The highest BCUT2D eigenvalue weighted by molar-refractivity contribution is 6.99. The van der Waals surface area contributed by atoms with Crippen LogP contribution in [0.15, 0.2) is 164 Å². The van der Waals surface area contributed by atoms with E-state index in [9.17, 15) is 0 Å². The van der Waals surface area contributed by atoms with Crippen molar-refractivity contribution >= 4 is 83.8 Å². The van der Waals surface area contributed by atoms with Crippen LogP contribution in [-0.2, 0) is 16.4 Å². The molecule has 0 atom stereocenters. The molecule has 0 aliphatic carbocycles. The molecule has 2 aliphatic heterocycles. The number of para-hydroxylation sites is 3. The lowest BCUT2D eigenvalue weighted by Gasteiger charge is -2.36. The number of aromatic nitrogens is 2. The molecular formula is C60H54BN3O2. The fourth-order valence-corrected chi connectivity index (χ4v) is 10.9. The Hall–Kier alpha value is -7.18. The normalized spacial score (nSPS) is 13.4. The second kappa shape index (κ2) is 14.2. The van der Waals surface area contributed by atoms with Crippen molar-refractivity contribution in [2.24, 2.45) is 0 Å². The van der Waals surface area contributed by atoms with Crippen molar-refractivity contribution in [1.82, 2.24) is 9.13 Å². The van der Waals surface area contributed by atoms with Gasteiger partial charge >= 0.3 is 0 Å². The number of nitrogens with zero attached hydrogens (tertiary/aromatic N) is 3. The fourth-order valence-electron chi connectivity index (χ4n) is 10.9. The van der Waals surface area contributed by atoms with Crippen molar-refractivity contribution in [2.75, 3.05) is 4.90 Å². The summed E-state index contributed by atoms with van der Waals surface area (Å²) in [5.41, 5.74) is 14.8. The quantitative estimate of drug-likeness (QED) is 0.165. The highest BCUT2D eigenvalue weighted by Crippen LogP contribution is 2.46. The lowest BCUT2D eigenvalue weighted by molar-refractivity contribution is 0.423. The van der Waals surface area contributed by atoms with Gasteiger partial charge in [0, 0.05) is 67.3 Å². The van der Waals surface area contributed by atoms with Gasteiger partial charge in [0.25, 0.3) is 6.71 Å². The summed E-state index contributed by atoms with van der Waals surface area (Å²) < 4.78 is 19.3. The molecule has 0 amide bonds. The molecule has 0 bridgehead atoms. The van der Waals surface area contributed by atoms with Crippen LogP contribution in [0.2, 0.25) is 0 Å². The van der Waals surface area contributed by atoms with E-state index in [0.717, 1.165) is 62.1 Å². The number of fused-ring (bicyclic) bond motifs is 11. The van der Waals surface area contributed by atoms with Gasteiger partial charge < -0.3 is 23.5 Å². The molecule has 324 valence electrons. The Morgan fingerprint density at radius 1 is 0.439 bits per heavy atom. The van der Waals surface area contributed by atoms with E-state index in [1.54, 1.807) is 0 Å². The third-order valence-corrected chi connectivity index (χ3v) is 14.0. The molecule has 12 rings (SSSR count). The molecule has 8 aromatic carbocycles. The molecule has 5 nitrogen and oxygen atoms in total. The number of hydrogen-bond acceptors (Lipinski definition) is 3. The molecule has 2 aromatic heterocycles. The van der Waals surface area contributed by atoms with Gasteiger partial charge in [0.1, 0.15) is 23.0 Å². The molecule has 66 heavy (non-hydrogen) atoms. The van der Waals surface area contributed by atoms with E-state index in [2.05, 4.69) is 240 Å². The molecule has 6 heteroatoms. The monoisotopic (exact) mass is 859 g/mol. The van der Waals surface area contributed by atoms with Crippen molar-refractivity contribution in [1.29, 1.82) is 0 Å². The molecule has 0 saturated carbocycles. The van der Waals surface area contributed by atoms with E-state index in [4.69, 9.17) is 9.47 Å². The maximum absolute atomic E-state index is 7.20. The van der Waals surface area contributed by atoms with Gasteiger partial charge in [0.05, 0.1) is 22.2 Å². The van der Waals surface area contributed by atoms with Gasteiger partial charge in [-0.2, -0.15) is 0 Å². The van der Waals surface area contributed by atoms with Crippen molar-refractivity contribution in [3.05, 3.63) is 175 Å². The van der Waals surface area contributed by atoms with Crippen LogP contribution in [0.5, 0.6) is 23.0 Å². The summed E-state index contributed by atoms with van der Waals surface area (Å²) in [5, 5.41) is 4.89. The Morgan fingerprint density at radius 3 is 1.48 bits per heavy atom. The third-order valence-electron chi connectivity index (χ3n) is 14.0. The standard InChI is InChI=1S/C60H54BN3O2/c1-58(2,3)37-25-29-39(30-26-37)62(40-31-27-38(28-32-40)59(4,5)6)41-33-34-45-52(35-41)65-50-23-16-24-51-55(50)61(45)56-53(66-51)36-49(54-44-19-12-15-22-48(44)64(57(54)56)60(7,8)9)63-46-20-13-10-17-42(46)43-18-11-14-21-47(43)63/h10-36H,1-9H3. The molecule has 0 N–H and O–H groups in total. The molecule has 10 aromatic rings. The summed E-state index contributed by atoms with van der Waals surface area (Å²) in [7, 11) is 0. The van der Waals surface area contributed by atoms with Crippen LogP contribution in [0.3, 0.4) is 0 Å². The van der Waals surface area contributed by atoms with E-state index in [0.29, 0.717) is 0 Å². The van der Waals surface area contributed by atoms with Crippen molar-refractivity contribution in [3.63, 3.8) is 0 Å². The Labute approximate surface area is 387 Å². The Kier molecular flexibility index (Phi) is 8.66. The van der Waals surface area contributed by atoms with Crippen molar-refractivity contribution < 1.29 is 9.47 Å². The minimum atomic E-state index is -0.280. The first-order valence-electron chi connectivity index (χ1n) is 23.4. The first kappa shape index (κ1) is 40.3. The second-order valence-corrected chi connectivity index (χ2v) is 21.4. The lowest BCUT2D eigenvalue weighted by Crippen LogP contribution is -2.58. The maximum Gasteiger partial charge on any atom is 0.263 e. The molecule has 0 radical (unpaired) electrons. The number of anilines is 3. The zero-order valence-electron chi connectivity index (χ0n) is 39.3. The SMILES string of the molecule is CC(C)(C)c1ccc(N(c2ccc(C(C)(C)C)cc2)c2ccc3c(c2)Oc2cccc4c2B3c2c(cc(-n3c5ccccc5c5ccccc53)c3c5ccccc5n(C(C)(C)C)c23)O4)cc1. The van der Waals surface area contributed by atoms with E-state index in [1.807, 2.05) is 0 Å². The van der Waals surface area contributed by atoms with Crippen LogP contribution in [-0.4, -0.2) is 15.8 Å². The smallest absolute Gasteiger partial charge is 0.263 e. The lowest BCUT2D eigenvalue weighted by atomic mass is 9.34. The van der Waals surface area contributed by atoms with Gasteiger partial charge in [-0.25, -0.2) is 0 Å². The molecule has 0 fully saturated rings. The Balaban J connectivity index is 1.12. The van der Waals surface area contributed by atoms with Gasteiger partial charge in [-0.05, 0) is 114 Å². The van der Waals surface area contributed by atoms with Crippen LogP contribution < -0.4 is 30.8 Å². The molecule has 0 unspecified atom stereocenters. The Bertz CT molecular complexity index is 3480. The summed E-state index contributed by atoms with van der Waals surface area (Å²) in [6, 6.07) is 60.0. The molecular weight excluding hydrogens is 805 g/mol. The van der Waals surface area contributed by atoms with Crippen LogP contribution in [0.1, 0.15) is 73.4 Å².